The van der Waals surface area contributed by atoms with Crippen LogP contribution >= 0.6 is 0 Å². The van der Waals surface area contributed by atoms with Crippen LogP contribution in [-0.2, 0) is 19.1 Å². The largest absolute Gasteiger partial charge is 0.468 e. The van der Waals surface area contributed by atoms with Crippen molar-refractivity contribution in [2.45, 2.75) is 5.92 Å². The molecule has 2 heterocycles. The third-order valence-electron chi connectivity index (χ3n) is 3.34. The molecule has 2 aliphatic rings. The fraction of sp³-hybridized carbons (Fsp3) is 0.385. The molecule has 0 N–H and O–H groups in total. The van der Waals surface area contributed by atoms with Gasteiger partial charge in [0.1, 0.15) is 0 Å². The van der Waals surface area contributed by atoms with Crippen molar-refractivity contribution < 1.29 is 28.5 Å². The molecular weight excluding hydrogens is 252 g/mol. The number of carbonyl (C=O) groups is 2. The Morgan fingerprint density at radius 3 is 2.84 bits per heavy atom. The summed E-state index contributed by atoms with van der Waals surface area (Å²) in [6, 6.07) is 5.33. The van der Waals surface area contributed by atoms with Crippen molar-refractivity contribution in [1.29, 1.82) is 0 Å². The molecule has 0 radical (unpaired) electrons. The lowest BCUT2D eigenvalue weighted by Gasteiger charge is -2.13. The Balaban J connectivity index is 1.92. The van der Waals surface area contributed by atoms with Crippen LogP contribution in [0.5, 0.6) is 11.5 Å². The Labute approximate surface area is 109 Å². The first-order valence-corrected chi connectivity index (χ1v) is 5.84. The van der Waals surface area contributed by atoms with E-state index in [1.165, 1.54) is 7.11 Å². The van der Waals surface area contributed by atoms with Crippen LogP contribution in [-0.4, -0.2) is 32.4 Å². The highest BCUT2D eigenvalue weighted by molar-refractivity contribution is 5.97. The van der Waals surface area contributed by atoms with Gasteiger partial charge >= 0.3 is 11.9 Å². The molecule has 2 aliphatic heterocycles. The highest BCUT2D eigenvalue weighted by atomic mass is 16.7. The van der Waals surface area contributed by atoms with Crippen LogP contribution in [0, 0.1) is 5.92 Å². The molecule has 0 amide bonds. The van der Waals surface area contributed by atoms with E-state index in [-0.39, 0.29) is 19.3 Å². The number of ether oxygens (including phenoxy) is 4. The summed E-state index contributed by atoms with van der Waals surface area (Å²) >= 11 is 0. The minimum absolute atomic E-state index is 0.165. The maximum atomic E-state index is 11.7. The third kappa shape index (κ3) is 1.89. The summed E-state index contributed by atoms with van der Waals surface area (Å²) in [5.41, 5.74) is 0.797. The SMILES string of the molecule is COC(=O)[C@H]1C(=O)OC[C@@H]1c1ccc2c(c1)OCO2. The van der Waals surface area contributed by atoms with Gasteiger partial charge < -0.3 is 18.9 Å². The summed E-state index contributed by atoms with van der Waals surface area (Å²) in [5, 5.41) is 0. The van der Waals surface area contributed by atoms with Crippen molar-refractivity contribution in [1.82, 2.24) is 0 Å². The van der Waals surface area contributed by atoms with Gasteiger partial charge in [0.25, 0.3) is 0 Å². The standard InChI is InChI=1S/C13H12O6/c1-16-12(14)11-8(5-17-13(11)15)7-2-3-9-10(4-7)19-6-18-9/h2-4,8,11H,5-6H2,1H3/t8-,11+/m1/s1. The Hall–Kier alpha value is -2.24. The second-order valence-corrected chi connectivity index (χ2v) is 4.35. The minimum atomic E-state index is -0.912. The summed E-state index contributed by atoms with van der Waals surface area (Å²) < 4.78 is 20.1. The molecule has 3 rings (SSSR count). The van der Waals surface area contributed by atoms with E-state index < -0.39 is 17.9 Å². The Morgan fingerprint density at radius 2 is 2.05 bits per heavy atom. The molecular formula is C13H12O6. The van der Waals surface area contributed by atoms with Gasteiger partial charge in [-0.25, -0.2) is 0 Å². The van der Waals surface area contributed by atoms with Gasteiger partial charge in [-0.15, -0.1) is 0 Å². The summed E-state index contributed by atoms with van der Waals surface area (Å²) in [4.78, 5) is 23.3. The molecule has 100 valence electrons. The van der Waals surface area contributed by atoms with E-state index >= 15 is 0 Å². The van der Waals surface area contributed by atoms with Gasteiger partial charge in [0.05, 0.1) is 13.7 Å². The van der Waals surface area contributed by atoms with Crippen LogP contribution in [0.25, 0.3) is 0 Å². The van der Waals surface area contributed by atoms with Crippen molar-refractivity contribution in [3.63, 3.8) is 0 Å². The van der Waals surface area contributed by atoms with Crippen LogP contribution in [0.4, 0.5) is 0 Å². The summed E-state index contributed by atoms with van der Waals surface area (Å²) in [6.45, 7) is 0.345. The van der Waals surface area contributed by atoms with E-state index in [0.29, 0.717) is 11.5 Å². The molecule has 0 saturated carbocycles. The van der Waals surface area contributed by atoms with Gasteiger partial charge in [0.15, 0.2) is 17.4 Å². The lowest BCUT2D eigenvalue weighted by atomic mass is 9.88. The van der Waals surface area contributed by atoms with E-state index in [4.69, 9.17) is 14.2 Å². The predicted molar refractivity (Wildman–Crippen MR) is 61.8 cm³/mol. The smallest absolute Gasteiger partial charge is 0.321 e. The first-order chi connectivity index (χ1) is 9.20. The first kappa shape index (κ1) is 11.8. The average molecular weight is 264 g/mol. The molecule has 1 saturated heterocycles. The topological polar surface area (TPSA) is 71.1 Å². The quantitative estimate of drug-likeness (QED) is 0.582. The van der Waals surface area contributed by atoms with Gasteiger partial charge in [0, 0.05) is 5.92 Å². The van der Waals surface area contributed by atoms with Crippen LogP contribution in [0.2, 0.25) is 0 Å². The molecule has 0 aliphatic carbocycles. The van der Waals surface area contributed by atoms with Gasteiger partial charge in [-0.05, 0) is 17.7 Å². The molecule has 0 spiro atoms. The number of rotatable bonds is 2. The number of methoxy groups -OCH3 is 1. The van der Waals surface area contributed by atoms with Gasteiger partial charge in [-0.1, -0.05) is 6.07 Å². The van der Waals surface area contributed by atoms with Crippen molar-refractivity contribution in [2.24, 2.45) is 5.92 Å². The predicted octanol–water partition coefficient (Wildman–Crippen LogP) is 0.845. The second kappa shape index (κ2) is 4.46. The fourth-order valence-corrected chi connectivity index (χ4v) is 2.34. The Bertz CT molecular complexity index is 538. The van der Waals surface area contributed by atoms with Gasteiger partial charge in [-0.2, -0.15) is 0 Å². The van der Waals surface area contributed by atoms with Gasteiger partial charge in [0.2, 0.25) is 6.79 Å². The number of carbonyl (C=O) groups excluding carboxylic acids is 2. The minimum Gasteiger partial charge on any atom is -0.468 e. The monoisotopic (exact) mass is 264 g/mol. The van der Waals surface area contributed by atoms with Crippen molar-refractivity contribution in [3.8, 4) is 11.5 Å². The normalized spacial score (nSPS) is 24.2. The zero-order valence-corrected chi connectivity index (χ0v) is 10.3. The van der Waals surface area contributed by atoms with Gasteiger partial charge in [-0.3, -0.25) is 9.59 Å². The highest BCUT2D eigenvalue weighted by Gasteiger charge is 2.44. The van der Waals surface area contributed by atoms with Crippen LogP contribution in [0.3, 0.4) is 0 Å². The first-order valence-electron chi connectivity index (χ1n) is 5.84. The molecule has 0 aromatic heterocycles. The molecule has 1 aromatic rings. The average Bonchev–Trinajstić information content (AvgIpc) is 3.03. The number of esters is 2. The molecule has 0 unspecified atom stereocenters. The molecule has 1 aromatic carbocycles. The zero-order chi connectivity index (χ0) is 13.4. The second-order valence-electron chi connectivity index (χ2n) is 4.35. The molecule has 6 nitrogen and oxygen atoms in total. The van der Waals surface area contributed by atoms with Crippen molar-refractivity contribution >= 4 is 11.9 Å². The number of cyclic esters (lactones) is 1. The lowest BCUT2D eigenvalue weighted by molar-refractivity contribution is -0.154. The van der Waals surface area contributed by atoms with Crippen molar-refractivity contribution in [3.05, 3.63) is 23.8 Å². The fourth-order valence-electron chi connectivity index (χ4n) is 2.34. The summed E-state index contributed by atoms with van der Waals surface area (Å²) in [7, 11) is 1.25. The zero-order valence-electron chi connectivity index (χ0n) is 10.3. The maximum Gasteiger partial charge on any atom is 0.321 e. The number of fused-ring (bicyclic) bond motifs is 1. The molecule has 1 fully saturated rings. The number of hydrogen-bond donors (Lipinski definition) is 0. The molecule has 0 bridgehead atoms. The van der Waals surface area contributed by atoms with Crippen LogP contribution in [0.15, 0.2) is 18.2 Å². The van der Waals surface area contributed by atoms with Crippen LogP contribution in [0.1, 0.15) is 11.5 Å². The number of benzene rings is 1. The van der Waals surface area contributed by atoms with Crippen molar-refractivity contribution in [2.75, 3.05) is 20.5 Å². The highest BCUT2D eigenvalue weighted by Crippen LogP contribution is 2.39. The van der Waals surface area contributed by atoms with E-state index in [1.54, 1.807) is 18.2 Å². The van der Waals surface area contributed by atoms with E-state index in [9.17, 15) is 9.59 Å². The molecule has 6 heteroatoms. The van der Waals surface area contributed by atoms with E-state index in [1.807, 2.05) is 0 Å². The van der Waals surface area contributed by atoms with E-state index in [2.05, 4.69) is 4.74 Å². The number of hydrogen-bond acceptors (Lipinski definition) is 6. The maximum absolute atomic E-state index is 11.7. The molecule has 2 atom stereocenters. The van der Waals surface area contributed by atoms with Crippen LogP contribution < -0.4 is 9.47 Å². The molecule has 19 heavy (non-hydrogen) atoms. The Kier molecular flexibility index (Phi) is 2.77. The van der Waals surface area contributed by atoms with E-state index in [0.717, 1.165) is 5.56 Å². The summed E-state index contributed by atoms with van der Waals surface area (Å²) in [6.07, 6.45) is 0. The lowest BCUT2D eigenvalue weighted by Crippen LogP contribution is -2.25. The third-order valence-corrected chi connectivity index (χ3v) is 3.34. The summed E-state index contributed by atoms with van der Waals surface area (Å²) in [5.74, 6) is -1.12. The Morgan fingerprint density at radius 1 is 1.26 bits per heavy atom.